The van der Waals surface area contributed by atoms with E-state index in [-0.39, 0.29) is 16.9 Å². The van der Waals surface area contributed by atoms with Crippen LogP contribution in [0.4, 0.5) is 0 Å². The van der Waals surface area contributed by atoms with Crippen molar-refractivity contribution in [3.05, 3.63) is 11.3 Å². The number of hydrogen-bond acceptors (Lipinski definition) is 3. The number of halogens is 1. The number of aromatic nitrogens is 2. The third kappa shape index (κ3) is 2.73. The van der Waals surface area contributed by atoms with E-state index in [0.29, 0.717) is 17.2 Å². The Kier molecular flexibility index (Phi) is 4.76. The van der Waals surface area contributed by atoms with Crippen LogP contribution < -0.4 is 0 Å². The van der Waals surface area contributed by atoms with Crippen molar-refractivity contribution in [1.29, 1.82) is 0 Å². The quantitative estimate of drug-likeness (QED) is 0.868. The molecule has 0 amide bonds. The number of aryl methyl sites for hydroxylation is 1. The van der Waals surface area contributed by atoms with Crippen molar-refractivity contribution in [2.45, 2.75) is 56.5 Å². The fraction of sp³-hybridized carbons (Fsp3) is 0.769. The molecule has 1 saturated carbocycles. The van der Waals surface area contributed by atoms with Gasteiger partial charge in [0.1, 0.15) is 0 Å². The summed E-state index contributed by atoms with van der Waals surface area (Å²) in [6, 6.07) is 0.0499. The zero-order chi connectivity index (χ0) is 14.9. The van der Waals surface area contributed by atoms with Crippen LogP contribution in [0, 0.1) is 12.8 Å². The largest absolute Gasteiger partial charge is 0.281 e. The molecule has 0 aromatic carbocycles. The Bertz CT molecular complexity index is 570. The van der Waals surface area contributed by atoms with E-state index in [0.717, 1.165) is 19.3 Å². The van der Waals surface area contributed by atoms with Gasteiger partial charge in [0.2, 0.25) is 0 Å². The van der Waals surface area contributed by atoms with Gasteiger partial charge in [-0.3, -0.25) is 5.10 Å². The van der Waals surface area contributed by atoms with Gasteiger partial charge in [-0.1, -0.05) is 19.8 Å². The molecule has 1 aromatic heterocycles. The summed E-state index contributed by atoms with van der Waals surface area (Å²) in [5.41, 5.74) is 1.28. The van der Waals surface area contributed by atoms with Crippen molar-refractivity contribution in [3.63, 3.8) is 0 Å². The van der Waals surface area contributed by atoms with E-state index in [1.165, 1.54) is 10.7 Å². The Labute approximate surface area is 125 Å². The summed E-state index contributed by atoms with van der Waals surface area (Å²) in [4.78, 5) is 0. The van der Waals surface area contributed by atoms with E-state index < -0.39 is 10.0 Å². The van der Waals surface area contributed by atoms with Gasteiger partial charge in [0.25, 0.3) is 10.0 Å². The van der Waals surface area contributed by atoms with Gasteiger partial charge in [-0.2, -0.15) is 9.40 Å². The zero-order valence-corrected chi connectivity index (χ0v) is 13.8. The molecule has 2 rings (SSSR count). The van der Waals surface area contributed by atoms with Crippen LogP contribution in [0.15, 0.2) is 5.03 Å². The first-order valence-corrected chi connectivity index (χ1v) is 8.95. The molecule has 2 atom stereocenters. The molecule has 1 fully saturated rings. The first-order chi connectivity index (χ1) is 9.39. The van der Waals surface area contributed by atoms with E-state index in [2.05, 4.69) is 17.1 Å². The second-order valence-electron chi connectivity index (χ2n) is 5.62. The number of aromatic amines is 1. The Balaban J connectivity index is 2.33. The molecule has 114 valence electrons. The van der Waals surface area contributed by atoms with Gasteiger partial charge >= 0.3 is 0 Å². The average Bonchev–Trinajstić information content (AvgIpc) is 2.80. The molecule has 5 nitrogen and oxygen atoms in total. The molecule has 20 heavy (non-hydrogen) atoms. The number of rotatable bonds is 4. The average molecular weight is 320 g/mol. The highest BCUT2D eigenvalue weighted by molar-refractivity contribution is 7.89. The summed E-state index contributed by atoms with van der Waals surface area (Å²) >= 11 is 5.86. The molecular weight excluding hydrogens is 298 g/mol. The van der Waals surface area contributed by atoms with Crippen molar-refractivity contribution in [2.75, 3.05) is 7.05 Å². The van der Waals surface area contributed by atoms with Crippen LogP contribution >= 0.6 is 11.6 Å². The molecule has 0 spiro atoms. The lowest BCUT2D eigenvalue weighted by Gasteiger charge is -2.35. The number of alkyl halides is 1. The van der Waals surface area contributed by atoms with Gasteiger partial charge in [0.05, 0.1) is 5.88 Å². The van der Waals surface area contributed by atoms with Crippen LogP contribution in [0.5, 0.6) is 0 Å². The van der Waals surface area contributed by atoms with Gasteiger partial charge in [-0.15, -0.1) is 11.6 Å². The normalized spacial score (nSPS) is 24.2. The maximum Gasteiger partial charge on any atom is 0.262 e. The molecule has 1 N–H and O–H groups in total. The van der Waals surface area contributed by atoms with Gasteiger partial charge in [0.15, 0.2) is 5.03 Å². The molecular formula is C13H22ClN3O2S. The fourth-order valence-electron chi connectivity index (χ4n) is 2.95. The summed E-state index contributed by atoms with van der Waals surface area (Å²) < 4.78 is 27.0. The fourth-order valence-corrected chi connectivity index (χ4v) is 5.00. The first kappa shape index (κ1) is 15.8. The van der Waals surface area contributed by atoms with Crippen molar-refractivity contribution >= 4 is 21.6 Å². The highest BCUT2D eigenvalue weighted by Crippen LogP contribution is 2.31. The Morgan fingerprint density at radius 1 is 1.40 bits per heavy atom. The predicted octanol–water partition coefficient (Wildman–Crippen LogP) is 2.66. The topological polar surface area (TPSA) is 66.1 Å². The number of nitrogens with zero attached hydrogens (tertiary/aromatic N) is 2. The van der Waals surface area contributed by atoms with E-state index in [1.54, 1.807) is 14.0 Å². The molecule has 1 aliphatic rings. The van der Waals surface area contributed by atoms with E-state index >= 15 is 0 Å². The molecule has 1 heterocycles. The monoisotopic (exact) mass is 319 g/mol. The maximum atomic E-state index is 12.8. The van der Waals surface area contributed by atoms with Crippen molar-refractivity contribution in [3.8, 4) is 0 Å². The van der Waals surface area contributed by atoms with Crippen LogP contribution in [0.3, 0.4) is 0 Å². The molecule has 0 aliphatic heterocycles. The number of H-pyrrole nitrogens is 1. The number of hydrogen-bond donors (Lipinski definition) is 1. The highest BCUT2D eigenvalue weighted by Gasteiger charge is 2.35. The standard InChI is InChI=1S/C13H22ClN3O2S/c1-9-6-4-5-7-12(9)17(3)20(18,19)13-11(8-14)10(2)15-16-13/h9,12H,4-8H2,1-3H3,(H,15,16). The lowest BCUT2D eigenvalue weighted by molar-refractivity contribution is 0.213. The van der Waals surface area contributed by atoms with E-state index in [9.17, 15) is 8.42 Å². The minimum absolute atomic E-state index is 0.0499. The minimum Gasteiger partial charge on any atom is -0.281 e. The number of sulfonamides is 1. The van der Waals surface area contributed by atoms with Crippen molar-refractivity contribution in [1.82, 2.24) is 14.5 Å². The Morgan fingerprint density at radius 2 is 2.05 bits per heavy atom. The summed E-state index contributed by atoms with van der Waals surface area (Å²) in [6.07, 6.45) is 4.25. The van der Waals surface area contributed by atoms with Crippen LogP contribution in [0.25, 0.3) is 0 Å². The zero-order valence-electron chi connectivity index (χ0n) is 12.2. The van der Waals surface area contributed by atoms with Gasteiger partial charge in [-0.05, 0) is 25.7 Å². The smallest absolute Gasteiger partial charge is 0.262 e. The summed E-state index contributed by atoms with van der Waals surface area (Å²) in [5, 5.41) is 6.76. The second-order valence-corrected chi connectivity index (χ2v) is 7.80. The summed E-state index contributed by atoms with van der Waals surface area (Å²) in [5.74, 6) is 0.522. The van der Waals surface area contributed by atoms with Crippen molar-refractivity contribution in [2.24, 2.45) is 5.92 Å². The van der Waals surface area contributed by atoms with Crippen molar-refractivity contribution < 1.29 is 8.42 Å². The van der Waals surface area contributed by atoms with Gasteiger partial charge in [-0.25, -0.2) is 8.42 Å². The summed E-state index contributed by atoms with van der Waals surface area (Å²) in [6.45, 7) is 3.90. The van der Waals surface area contributed by atoms with Gasteiger partial charge in [0, 0.05) is 24.3 Å². The molecule has 7 heteroatoms. The van der Waals surface area contributed by atoms with E-state index in [1.807, 2.05) is 0 Å². The molecule has 0 bridgehead atoms. The SMILES string of the molecule is Cc1[nH]nc(S(=O)(=O)N(C)C2CCCCC2C)c1CCl. The van der Waals surface area contributed by atoms with Gasteiger partial charge < -0.3 is 0 Å². The Hall–Kier alpha value is -0.590. The maximum absolute atomic E-state index is 12.8. The van der Waals surface area contributed by atoms with Crippen LogP contribution in [0.2, 0.25) is 0 Å². The third-order valence-electron chi connectivity index (χ3n) is 4.33. The second kappa shape index (κ2) is 6.03. The Morgan fingerprint density at radius 3 is 2.65 bits per heavy atom. The van der Waals surface area contributed by atoms with Crippen LogP contribution in [-0.2, 0) is 15.9 Å². The lowest BCUT2D eigenvalue weighted by Crippen LogP contribution is -2.42. The minimum atomic E-state index is -3.59. The lowest BCUT2D eigenvalue weighted by atomic mass is 9.86. The molecule has 2 unspecified atom stereocenters. The predicted molar refractivity (Wildman–Crippen MR) is 79.3 cm³/mol. The first-order valence-electron chi connectivity index (χ1n) is 6.97. The third-order valence-corrected chi connectivity index (χ3v) is 6.45. The molecule has 1 aliphatic carbocycles. The molecule has 0 radical (unpaired) electrons. The van der Waals surface area contributed by atoms with Crippen LogP contribution in [-0.4, -0.2) is 36.0 Å². The summed E-state index contributed by atoms with van der Waals surface area (Å²) in [7, 11) is -1.93. The van der Waals surface area contributed by atoms with Crippen LogP contribution in [0.1, 0.15) is 43.9 Å². The highest BCUT2D eigenvalue weighted by atomic mass is 35.5. The van der Waals surface area contributed by atoms with E-state index in [4.69, 9.17) is 11.6 Å². The molecule has 0 saturated heterocycles. The number of nitrogens with one attached hydrogen (secondary N) is 1. The molecule has 1 aromatic rings.